The third-order valence-electron chi connectivity index (χ3n) is 3.22. The largest absolute Gasteiger partial charge is 0.365 e. The van der Waals surface area contributed by atoms with Crippen LogP contribution in [-0.4, -0.2) is 14.9 Å². The minimum absolute atomic E-state index is 0.0604. The first kappa shape index (κ1) is 14.2. The molecule has 1 heterocycles. The van der Waals surface area contributed by atoms with Crippen molar-refractivity contribution in [3.63, 3.8) is 0 Å². The molecule has 0 bridgehead atoms. The van der Waals surface area contributed by atoms with E-state index in [1.165, 1.54) is 12.4 Å². The minimum Gasteiger partial charge on any atom is -0.365 e. The minimum atomic E-state index is -0.529. The number of aromatic nitrogens is 2. The first-order valence-electron chi connectivity index (χ1n) is 6.52. The van der Waals surface area contributed by atoms with E-state index >= 15 is 0 Å². The molecule has 3 rings (SSSR count). The number of nitro benzene ring substituents is 1. The van der Waals surface area contributed by atoms with Crippen LogP contribution in [0.15, 0.2) is 48.8 Å². The summed E-state index contributed by atoms with van der Waals surface area (Å²) in [5, 5.41) is 15.0. The van der Waals surface area contributed by atoms with Gasteiger partial charge in [-0.1, -0.05) is 41.9 Å². The summed E-state index contributed by atoms with van der Waals surface area (Å²) in [6.07, 6.45) is 1.29. The maximum atomic E-state index is 11.2. The third-order valence-corrected chi connectivity index (χ3v) is 3.52. The Hall–Kier alpha value is -2.73. The molecule has 0 fully saturated rings. The van der Waals surface area contributed by atoms with Crippen LogP contribution in [0.4, 0.5) is 11.5 Å². The molecule has 22 heavy (non-hydrogen) atoms. The topological polar surface area (TPSA) is 81.0 Å². The van der Waals surface area contributed by atoms with Crippen molar-refractivity contribution in [2.24, 2.45) is 0 Å². The van der Waals surface area contributed by atoms with Crippen molar-refractivity contribution in [3.8, 4) is 0 Å². The molecule has 0 aliphatic heterocycles. The van der Waals surface area contributed by atoms with E-state index in [1.54, 1.807) is 6.07 Å². The molecule has 0 saturated heterocycles. The van der Waals surface area contributed by atoms with E-state index in [9.17, 15) is 10.1 Å². The first-order chi connectivity index (χ1) is 10.7. The molecule has 2 aromatic carbocycles. The van der Waals surface area contributed by atoms with Crippen molar-refractivity contribution < 1.29 is 4.92 Å². The van der Waals surface area contributed by atoms with E-state index in [1.807, 2.05) is 30.3 Å². The van der Waals surface area contributed by atoms with Gasteiger partial charge in [-0.05, 0) is 17.7 Å². The van der Waals surface area contributed by atoms with E-state index in [0.29, 0.717) is 17.7 Å². The van der Waals surface area contributed by atoms with Gasteiger partial charge in [0.25, 0.3) is 0 Å². The van der Waals surface area contributed by atoms with Crippen LogP contribution < -0.4 is 5.32 Å². The van der Waals surface area contributed by atoms with Gasteiger partial charge in [0.05, 0.1) is 4.92 Å². The van der Waals surface area contributed by atoms with Gasteiger partial charge in [-0.25, -0.2) is 9.97 Å². The molecule has 0 radical (unpaired) electrons. The van der Waals surface area contributed by atoms with Crippen LogP contribution >= 0.6 is 11.6 Å². The Kier molecular flexibility index (Phi) is 3.84. The Bertz CT molecular complexity index is 840. The molecule has 0 amide bonds. The second kappa shape index (κ2) is 5.95. The summed E-state index contributed by atoms with van der Waals surface area (Å²) in [6, 6.07) is 13.0. The lowest BCUT2D eigenvalue weighted by molar-refractivity contribution is -0.383. The predicted octanol–water partition coefficient (Wildman–Crippen LogP) is 3.80. The molecule has 0 saturated carbocycles. The zero-order valence-corrected chi connectivity index (χ0v) is 12.1. The highest BCUT2D eigenvalue weighted by Crippen LogP contribution is 2.33. The maximum Gasteiger partial charge on any atom is 0.314 e. The van der Waals surface area contributed by atoms with Crippen LogP contribution in [-0.2, 0) is 6.54 Å². The molecule has 0 aliphatic carbocycles. The van der Waals surface area contributed by atoms with Crippen molar-refractivity contribution >= 4 is 34.0 Å². The van der Waals surface area contributed by atoms with Crippen molar-refractivity contribution in [1.29, 1.82) is 0 Å². The molecule has 0 atom stereocenters. The molecule has 1 N–H and O–H groups in total. The van der Waals surface area contributed by atoms with E-state index in [-0.39, 0.29) is 16.2 Å². The third kappa shape index (κ3) is 2.68. The summed E-state index contributed by atoms with van der Waals surface area (Å²) in [5.74, 6) is 0.536. The lowest BCUT2D eigenvalue weighted by atomic mass is 10.2. The number of nitro groups is 1. The average Bonchev–Trinajstić information content (AvgIpc) is 2.53. The van der Waals surface area contributed by atoms with Gasteiger partial charge in [0, 0.05) is 11.9 Å². The lowest BCUT2D eigenvalue weighted by Crippen LogP contribution is -2.03. The van der Waals surface area contributed by atoms with E-state index in [2.05, 4.69) is 15.3 Å². The fourth-order valence-corrected chi connectivity index (χ4v) is 2.41. The number of nitrogens with one attached hydrogen (secondary N) is 1. The number of rotatable bonds is 4. The zero-order valence-electron chi connectivity index (χ0n) is 11.4. The van der Waals surface area contributed by atoms with Gasteiger partial charge >= 0.3 is 5.69 Å². The first-order valence-corrected chi connectivity index (χ1v) is 6.90. The van der Waals surface area contributed by atoms with Crippen molar-refractivity contribution in [2.45, 2.75) is 6.54 Å². The van der Waals surface area contributed by atoms with Crippen LogP contribution in [0.3, 0.4) is 0 Å². The highest BCUT2D eigenvalue weighted by atomic mass is 35.5. The van der Waals surface area contributed by atoms with Crippen LogP contribution in [0, 0.1) is 10.1 Å². The number of halogens is 1. The summed E-state index contributed by atoms with van der Waals surface area (Å²) >= 11 is 5.90. The molecule has 0 unspecified atom stereocenters. The Morgan fingerprint density at radius 1 is 1.14 bits per heavy atom. The van der Waals surface area contributed by atoms with Crippen molar-refractivity contribution in [1.82, 2.24) is 9.97 Å². The Balaban J connectivity index is 2.01. The van der Waals surface area contributed by atoms with Crippen molar-refractivity contribution in [2.75, 3.05) is 5.32 Å². The zero-order chi connectivity index (χ0) is 15.5. The SMILES string of the molecule is O=[N+]([O-])c1c(Cl)ccc2c(NCc3ccccc3)ncnc12. The quantitative estimate of drug-likeness (QED) is 0.585. The highest BCUT2D eigenvalue weighted by Gasteiger charge is 2.20. The number of hydrogen-bond donors (Lipinski definition) is 1. The van der Waals surface area contributed by atoms with Gasteiger partial charge in [-0.15, -0.1) is 0 Å². The van der Waals surface area contributed by atoms with Gasteiger partial charge in [-0.3, -0.25) is 10.1 Å². The van der Waals surface area contributed by atoms with Gasteiger partial charge < -0.3 is 5.32 Å². The molecule has 1 aromatic heterocycles. The maximum absolute atomic E-state index is 11.2. The fourth-order valence-electron chi connectivity index (χ4n) is 2.19. The van der Waals surface area contributed by atoms with Gasteiger partial charge in [-0.2, -0.15) is 0 Å². The summed E-state index contributed by atoms with van der Waals surface area (Å²) < 4.78 is 0. The van der Waals surface area contributed by atoms with Gasteiger partial charge in [0.2, 0.25) is 0 Å². The number of nitrogens with zero attached hydrogens (tertiary/aromatic N) is 3. The smallest absolute Gasteiger partial charge is 0.314 e. The second-order valence-electron chi connectivity index (χ2n) is 4.61. The van der Waals surface area contributed by atoms with Crippen molar-refractivity contribution in [3.05, 3.63) is 69.5 Å². The number of fused-ring (bicyclic) bond motifs is 1. The predicted molar refractivity (Wildman–Crippen MR) is 85.0 cm³/mol. The molecular formula is C15H11ClN4O2. The summed E-state index contributed by atoms with van der Waals surface area (Å²) in [7, 11) is 0. The average molecular weight is 315 g/mol. The van der Waals surface area contributed by atoms with Gasteiger partial charge in [0.1, 0.15) is 17.2 Å². The standard InChI is InChI=1S/C15H11ClN4O2/c16-12-7-6-11-13(14(12)20(21)22)18-9-19-15(11)17-8-10-4-2-1-3-5-10/h1-7,9H,8H2,(H,17,18,19). The van der Waals surface area contributed by atoms with Crippen LogP contribution in [0.2, 0.25) is 5.02 Å². The highest BCUT2D eigenvalue weighted by molar-refractivity contribution is 6.34. The Morgan fingerprint density at radius 3 is 2.64 bits per heavy atom. The molecule has 0 spiro atoms. The summed E-state index contributed by atoms with van der Waals surface area (Å²) in [6.45, 7) is 0.559. The number of hydrogen-bond acceptors (Lipinski definition) is 5. The van der Waals surface area contributed by atoms with E-state index in [4.69, 9.17) is 11.6 Å². The van der Waals surface area contributed by atoms with E-state index < -0.39 is 4.92 Å². The number of benzene rings is 2. The normalized spacial score (nSPS) is 10.6. The van der Waals surface area contributed by atoms with Crippen LogP contribution in [0.25, 0.3) is 10.9 Å². The second-order valence-corrected chi connectivity index (χ2v) is 5.02. The molecule has 7 heteroatoms. The van der Waals surface area contributed by atoms with Gasteiger partial charge in [0.15, 0.2) is 5.52 Å². The molecule has 3 aromatic rings. The monoisotopic (exact) mass is 314 g/mol. The number of anilines is 1. The van der Waals surface area contributed by atoms with Crippen LogP contribution in [0.1, 0.15) is 5.56 Å². The van der Waals surface area contributed by atoms with Crippen LogP contribution in [0.5, 0.6) is 0 Å². The van der Waals surface area contributed by atoms with E-state index in [0.717, 1.165) is 5.56 Å². The summed E-state index contributed by atoms with van der Waals surface area (Å²) in [4.78, 5) is 18.8. The Labute approximate surface area is 130 Å². The Morgan fingerprint density at radius 2 is 1.91 bits per heavy atom. The lowest BCUT2D eigenvalue weighted by Gasteiger charge is -2.09. The molecule has 110 valence electrons. The molecule has 0 aliphatic rings. The molecule has 6 nitrogen and oxygen atoms in total. The summed E-state index contributed by atoms with van der Waals surface area (Å²) in [5.41, 5.74) is 1.10. The molecular weight excluding hydrogens is 304 g/mol. The fraction of sp³-hybridized carbons (Fsp3) is 0.0667.